The molecule has 0 fully saturated rings. The van der Waals surface area contributed by atoms with Gasteiger partial charge >= 0.3 is 0 Å². The molecule has 1 aromatic heterocycles. The maximum absolute atomic E-state index is 13.6. The normalized spacial score (nSPS) is 10.9. The van der Waals surface area contributed by atoms with E-state index in [0.717, 1.165) is 23.1 Å². The number of nitrogens with zero attached hydrogens (tertiary/aromatic N) is 1. The third kappa shape index (κ3) is 1.95. The highest BCUT2D eigenvalue weighted by Gasteiger charge is 2.12. The molecule has 2 rings (SSSR count). The Balaban J connectivity index is 2.82. The van der Waals surface area contributed by atoms with Gasteiger partial charge in [-0.3, -0.25) is 4.98 Å². The van der Waals surface area contributed by atoms with Gasteiger partial charge in [-0.25, -0.2) is 4.39 Å². The fourth-order valence-corrected chi connectivity index (χ4v) is 2.13. The highest BCUT2D eigenvalue weighted by Crippen LogP contribution is 2.32. The summed E-state index contributed by atoms with van der Waals surface area (Å²) in [7, 11) is 1.43. The van der Waals surface area contributed by atoms with Gasteiger partial charge in [0.05, 0.1) is 17.6 Å². The number of pyridine rings is 1. The number of hydrogen-bond acceptors (Lipinski definition) is 2. The Morgan fingerprint density at radius 2 is 2.12 bits per heavy atom. The quantitative estimate of drug-likeness (QED) is 0.810. The van der Waals surface area contributed by atoms with Gasteiger partial charge in [-0.05, 0) is 25.0 Å². The Labute approximate surface area is 104 Å². The van der Waals surface area contributed by atoms with Gasteiger partial charge in [-0.2, -0.15) is 0 Å². The minimum absolute atomic E-state index is 0.185. The fraction of sp³-hybridized carbons (Fsp3) is 0.308. The van der Waals surface area contributed by atoms with Crippen LogP contribution in [0.5, 0.6) is 5.75 Å². The molecule has 1 heterocycles. The number of fused-ring (bicyclic) bond motifs is 1. The van der Waals surface area contributed by atoms with Gasteiger partial charge in [-0.1, -0.05) is 18.5 Å². The van der Waals surface area contributed by atoms with Crippen LogP contribution in [0.3, 0.4) is 0 Å². The van der Waals surface area contributed by atoms with Crippen LogP contribution in [0.4, 0.5) is 4.39 Å². The van der Waals surface area contributed by atoms with Crippen molar-refractivity contribution in [2.75, 3.05) is 7.11 Å². The molecule has 1 aromatic carbocycles. The van der Waals surface area contributed by atoms with Crippen LogP contribution in [-0.2, 0) is 6.42 Å². The first-order valence-corrected chi connectivity index (χ1v) is 5.78. The van der Waals surface area contributed by atoms with E-state index in [0.29, 0.717) is 10.5 Å². The summed E-state index contributed by atoms with van der Waals surface area (Å²) in [6.45, 7) is 3.92. The van der Waals surface area contributed by atoms with Gasteiger partial charge < -0.3 is 4.74 Å². The molecule has 0 atom stereocenters. The van der Waals surface area contributed by atoms with Crippen molar-refractivity contribution < 1.29 is 9.13 Å². The Morgan fingerprint density at radius 1 is 1.41 bits per heavy atom. The smallest absolute Gasteiger partial charge is 0.167 e. The van der Waals surface area contributed by atoms with Gasteiger partial charge in [0, 0.05) is 17.1 Å². The van der Waals surface area contributed by atoms with Gasteiger partial charge in [-0.15, -0.1) is 0 Å². The van der Waals surface area contributed by atoms with Crippen LogP contribution in [-0.4, -0.2) is 12.1 Å². The summed E-state index contributed by atoms with van der Waals surface area (Å²) < 4.78 is 18.5. The van der Waals surface area contributed by atoms with Gasteiger partial charge in [0.1, 0.15) is 0 Å². The molecule has 0 saturated heterocycles. The predicted octanol–water partition coefficient (Wildman–Crippen LogP) is 3.91. The molecule has 0 bridgehead atoms. The van der Waals surface area contributed by atoms with Crippen LogP contribution in [0, 0.1) is 12.7 Å². The first-order valence-electron chi connectivity index (χ1n) is 5.40. The zero-order valence-corrected chi connectivity index (χ0v) is 10.7. The van der Waals surface area contributed by atoms with E-state index in [1.807, 2.05) is 13.8 Å². The zero-order valence-electron chi connectivity index (χ0n) is 9.97. The lowest BCUT2D eigenvalue weighted by molar-refractivity contribution is 0.387. The molecule has 2 aromatic rings. The molecule has 4 heteroatoms. The number of ether oxygens (including phenoxy) is 1. The molecule has 90 valence electrons. The summed E-state index contributed by atoms with van der Waals surface area (Å²) in [6.07, 6.45) is 0.773. The number of benzene rings is 1. The van der Waals surface area contributed by atoms with Crippen LogP contribution in [0.2, 0.25) is 5.02 Å². The van der Waals surface area contributed by atoms with Gasteiger partial charge in [0.2, 0.25) is 0 Å². The molecule has 0 radical (unpaired) electrons. The SMILES string of the molecule is CCc1nc2cc(F)c(OC)cc2c(Cl)c1C. The Hall–Kier alpha value is -1.35. The first-order chi connectivity index (χ1) is 8.08. The standard InChI is InChI=1S/C13H13ClFNO/c1-4-10-7(2)13(14)8-5-12(17-3)9(15)6-11(8)16-10/h5-6H,4H2,1-3H3. The fourth-order valence-electron chi connectivity index (χ4n) is 1.87. The molecule has 0 aliphatic rings. The molecule has 0 N–H and O–H groups in total. The minimum Gasteiger partial charge on any atom is -0.494 e. The number of hydrogen-bond donors (Lipinski definition) is 0. The minimum atomic E-state index is -0.422. The lowest BCUT2D eigenvalue weighted by Gasteiger charge is -2.10. The van der Waals surface area contributed by atoms with Gasteiger partial charge in [0.15, 0.2) is 11.6 Å². The summed E-state index contributed by atoms with van der Waals surface area (Å²) in [5, 5.41) is 1.34. The molecule has 0 saturated carbocycles. The van der Waals surface area contributed by atoms with Crippen molar-refractivity contribution in [1.29, 1.82) is 0 Å². The van der Waals surface area contributed by atoms with Crippen LogP contribution in [0.25, 0.3) is 10.9 Å². The molecular weight excluding hydrogens is 241 g/mol. The Kier molecular flexibility index (Phi) is 3.20. The van der Waals surface area contributed by atoms with Crippen molar-refractivity contribution in [3.05, 3.63) is 34.2 Å². The van der Waals surface area contributed by atoms with Crippen LogP contribution in [0.15, 0.2) is 12.1 Å². The average molecular weight is 254 g/mol. The third-order valence-corrected chi connectivity index (χ3v) is 3.35. The highest BCUT2D eigenvalue weighted by molar-refractivity contribution is 6.36. The van der Waals surface area contributed by atoms with E-state index < -0.39 is 5.82 Å². The Bertz CT molecular complexity index is 583. The second kappa shape index (κ2) is 4.49. The lowest BCUT2D eigenvalue weighted by atomic mass is 10.1. The van der Waals surface area contributed by atoms with Crippen molar-refractivity contribution in [3.63, 3.8) is 0 Å². The van der Waals surface area contributed by atoms with E-state index >= 15 is 0 Å². The molecule has 0 unspecified atom stereocenters. The topological polar surface area (TPSA) is 22.1 Å². The predicted molar refractivity (Wildman–Crippen MR) is 67.4 cm³/mol. The maximum Gasteiger partial charge on any atom is 0.167 e. The number of rotatable bonds is 2. The zero-order chi connectivity index (χ0) is 12.6. The monoisotopic (exact) mass is 253 g/mol. The molecule has 0 aliphatic heterocycles. The van der Waals surface area contributed by atoms with E-state index in [1.54, 1.807) is 6.07 Å². The Morgan fingerprint density at radius 3 is 2.71 bits per heavy atom. The van der Waals surface area contributed by atoms with Crippen molar-refractivity contribution in [2.45, 2.75) is 20.3 Å². The largest absolute Gasteiger partial charge is 0.494 e. The molecular formula is C13H13ClFNO. The lowest BCUT2D eigenvalue weighted by Crippen LogP contribution is -1.97. The maximum atomic E-state index is 13.6. The van der Waals surface area contributed by atoms with Crippen molar-refractivity contribution in [2.24, 2.45) is 0 Å². The first kappa shape index (κ1) is 12.1. The van der Waals surface area contributed by atoms with Crippen molar-refractivity contribution in [1.82, 2.24) is 4.98 Å². The number of aromatic nitrogens is 1. The van der Waals surface area contributed by atoms with Crippen molar-refractivity contribution >= 4 is 22.5 Å². The summed E-state index contributed by atoms with van der Waals surface area (Å²) >= 11 is 6.27. The van der Waals surface area contributed by atoms with Crippen molar-refractivity contribution in [3.8, 4) is 5.75 Å². The number of methoxy groups -OCH3 is 1. The summed E-state index contributed by atoms with van der Waals surface area (Å²) in [5.74, 6) is -0.237. The van der Waals surface area contributed by atoms with E-state index in [9.17, 15) is 4.39 Å². The molecule has 0 spiro atoms. The number of aryl methyl sites for hydroxylation is 1. The van der Waals surface area contributed by atoms with E-state index in [1.165, 1.54) is 13.2 Å². The molecule has 0 amide bonds. The summed E-state index contributed by atoms with van der Waals surface area (Å²) in [4.78, 5) is 4.41. The van der Waals surface area contributed by atoms with Gasteiger partial charge in [0.25, 0.3) is 0 Å². The van der Waals surface area contributed by atoms with Crippen LogP contribution >= 0.6 is 11.6 Å². The highest BCUT2D eigenvalue weighted by atomic mass is 35.5. The average Bonchev–Trinajstić information content (AvgIpc) is 2.33. The second-order valence-corrected chi connectivity index (χ2v) is 4.23. The molecule has 17 heavy (non-hydrogen) atoms. The second-order valence-electron chi connectivity index (χ2n) is 3.85. The summed E-state index contributed by atoms with van der Waals surface area (Å²) in [6, 6.07) is 2.95. The summed E-state index contributed by atoms with van der Waals surface area (Å²) in [5.41, 5.74) is 2.40. The van der Waals surface area contributed by atoms with E-state index in [-0.39, 0.29) is 5.75 Å². The van der Waals surface area contributed by atoms with E-state index in [4.69, 9.17) is 16.3 Å². The number of halogens is 2. The van der Waals surface area contributed by atoms with Crippen LogP contribution in [0.1, 0.15) is 18.2 Å². The molecule has 2 nitrogen and oxygen atoms in total. The molecule has 0 aliphatic carbocycles. The van der Waals surface area contributed by atoms with E-state index in [2.05, 4.69) is 4.98 Å². The third-order valence-electron chi connectivity index (χ3n) is 2.86. The van der Waals surface area contributed by atoms with Crippen LogP contribution < -0.4 is 4.74 Å².